The van der Waals surface area contributed by atoms with Crippen LogP contribution in [0.15, 0.2) is 22.2 Å². The van der Waals surface area contributed by atoms with Crippen LogP contribution in [0.5, 0.6) is 0 Å². The van der Waals surface area contributed by atoms with E-state index in [2.05, 4.69) is 42.6 Å². The summed E-state index contributed by atoms with van der Waals surface area (Å²) in [6, 6.07) is 0. The highest BCUT2D eigenvalue weighted by Gasteiger charge is 2.52. The highest BCUT2D eigenvalue weighted by molar-refractivity contribution is 7.66. The van der Waals surface area contributed by atoms with Crippen LogP contribution >= 0.6 is 31.3 Å². The van der Waals surface area contributed by atoms with Crippen molar-refractivity contribution in [3.8, 4) is 0 Å². The van der Waals surface area contributed by atoms with E-state index in [4.69, 9.17) is 30.2 Å². The van der Waals surface area contributed by atoms with Gasteiger partial charge in [-0.2, -0.15) is 13.6 Å². The smallest absolute Gasteiger partial charge is 0.387 e. The molecule has 11 atom stereocenters. The Morgan fingerprint density at radius 3 is 2.07 bits per heavy atom. The molecule has 35 heteroatoms. The fourth-order valence-electron chi connectivity index (χ4n) is 5.94. The number of methoxy groups -OCH3 is 1. The summed E-state index contributed by atoms with van der Waals surface area (Å²) in [5.74, 6) is -0.651. The summed E-state index contributed by atoms with van der Waals surface area (Å²) in [4.78, 5) is 90.4. The van der Waals surface area contributed by atoms with Gasteiger partial charge in [-0.15, -0.1) is 0 Å². The number of hydrogen-bond acceptors (Lipinski definition) is 21. The molecule has 4 aromatic heterocycles. The zero-order valence-electron chi connectivity index (χ0n) is 28.7. The Balaban J connectivity index is 1.10. The third kappa shape index (κ3) is 9.27. The maximum absolute atomic E-state index is 12.7. The minimum atomic E-state index is -6.11. The quantitative estimate of drug-likeness (QED) is 0.0403. The maximum Gasteiger partial charge on any atom is 0.490 e. The number of aromatic amines is 2. The zero-order chi connectivity index (χ0) is 42.0. The van der Waals surface area contributed by atoms with Crippen molar-refractivity contribution in [3.05, 3.63) is 33.4 Å². The lowest BCUT2D eigenvalue weighted by Crippen LogP contribution is -2.46. The lowest BCUT2D eigenvalue weighted by atomic mass is 10.1. The summed E-state index contributed by atoms with van der Waals surface area (Å²) in [6.45, 7) is -2.35. The minimum Gasteiger partial charge on any atom is -0.387 e. The summed E-state index contributed by atoms with van der Waals surface area (Å²) in [7, 11) is -20.6. The molecule has 5 unspecified atom stereocenters. The fourth-order valence-corrected chi connectivity index (χ4v) is 10.0. The molecular weight excluding hydrogens is 864 g/mol. The van der Waals surface area contributed by atoms with Crippen molar-refractivity contribution >= 4 is 65.5 Å². The summed E-state index contributed by atoms with van der Waals surface area (Å²) in [5.41, 5.74) is 9.26. The van der Waals surface area contributed by atoms with E-state index in [1.54, 1.807) is 0 Å². The first-order chi connectivity index (χ1) is 26.4. The molecule has 6 heterocycles. The molecule has 57 heavy (non-hydrogen) atoms. The Labute approximate surface area is 314 Å². The van der Waals surface area contributed by atoms with Crippen molar-refractivity contribution in [2.75, 3.05) is 31.8 Å². The largest absolute Gasteiger partial charge is 0.490 e. The van der Waals surface area contributed by atoms with Crippen LogP contribution in [0.2, 0.25) is 0 Å². The molecule has 4 aromatic rings. The molecule has 13 N–H and O–H groups in total. The monoisotopic (exact) mass is 897 g/mol. The van der Waals surface area contributed by atoms with E-state index in [1.807, 2.05) is 0 Å². The minimum absolute atomic E-state index is 0.00898. The Morgan fingerprint density at radius 2 is 1.46 bits per heavy atom. The number of aryl methyl sites for hydroxylation is 1. The van der Waals surface area contributed by atoms with Crippen molar-refractivity contribution in [1.82, 2.24) is 34.1 Å². The summed E-state index contributed by atoms with van der Waals surface area (Å²) >= 11 is 0. The van der Waals surface area contributed by atoms with E-state index < -0.39 is 105 Å². The average Bonchev–Trinajstić information content (AvgIpc) is 3.80. The van der Waals surface area contributed by atoms with Gasteiger partial charge >= 0.3 is 36.9 Å². The van der Waals surface area contributed by atoms with E-state index in [9.17, 15) is 62.5 Å². The Morgan fingerprint density at radius 1 is 0.860 bits per heavy atom. The number of nitrogen functional groups attached to an aromatic ring is 2. The third-order valence-electron chi connectivity index (χ3n) is 8.16. The SMILES string of the molecule is CO[C@H]1C(OP(=O)(O)O)[C@@H](COP(=O)(O)OP(=O)(O)OP(=O)(O)OC[C@H]2O[C@@H]([n+]3cn(C)c4c(=O)[nH]c(N)nc43)C(O)[C@H]2O)O[C@H]1n1cnc2c(=O)[nH]c(N)nc21. The van der Waals surface area contributed by atoms with Gasteiger partial charge in [0.2, 0.25) is 17.7 Å². The Hall–Kier alpha value is -3.38. The molecule has 316 valence electrons. The third-order valence-corrected chi connectivity index (χ3v) is 12.9. The van der Waals surface area contributed by atoms with Gasteiger partial charge in [-0.1, -0.05) is 4.98 Å². The number of hydrogen-bond donors (Lipinski definition) is 11. The molecule has 0 bridgehead atoms. The van der Waals surface area contributed by atoms with Crippen LogP contribution in [0.4, 0.5) is 11.9 Å². The number of ether oxygens (including phenoxy) is 3. The standard InChI is InChI=1S/C22H32N10O21P4/c1-30-6-32(16-10(30)18(36)29-22(24)27-16)19-12(34)11(33)7(49-19)3-47-55(40,41)52-57(44,45)53-56(42,43)48-4-8-13(51-54(37,38)39)14(46-2)20(50-8)31-5-25-9-15(31)26-21(23)28-17(9)35/h5-8,11-14,19-20,33-34H,3-4H2,1-2H3,(H10-,23,24,26,27,28,29,35,36,37,38,39,40,41,42,43,44,45)/p+1/t7-,8-,11+,12?,13?,14+,19-,20-/m1/s1. The Bertz CT molecular complexity index is 2490. The molecule has 0 aromatic carbocycles. The number of nitrogens with one attached hydrogen (secondary N) is 2. The molecule has 2 fully saturated rings. The number of aliphatic hydroxyl groups excluding tert-OH is 2. The lowest BCUT2D eigenvalue weighted by molar-refractivity contribution is -0.745. The molecule has 2 saturated heterocycles. The van der Waals surface area contributed by atoms with Crippen LogP contribution in [-0.4, -0.2) is 126 Å². The molecular formula is C22H33N10O21P4+. The number of fused-ring (bicyclic) bond motifs is 2. The summed E-state index contributed by atoms with van der Waals surface area (Å²) in [6.07, 6.45) is -11.1. The van der Waals surface area contributed by atoms with Crippen LogP contribution < -0.4 is 27.2 Å². The predicted molar refractivity (Wildman–Crippen MR) is 180 cm³/mol. The second kappa shape index (κ2) is 15.7. The van der Waals surface area contributed by atoms with Crippen LogP contribution in [0.1, 0.15) is 12.5 Å². The van der Waals surface area contributed by atoms with Crippen LogP contribution in [-0.2, 0) is 61.7 Å². The van der Waals surface area contributed by atoms with Crippen LogP contribution in [0, 0.1) is 0 Å². The summed E-state index contributed by atoms with van der Waals surface area (Å²) in [5, 5.41) is 21.2. The molecule has 0 amide bonds. The van der Waals surface area contributed by atoms with Gasteiger partial charge in [-0.3, -0.25) is 42.3 Å². The number of phosphoric acid groups is 4. The van der Waals surface area contributed by atoms with Gasteiger partial charge in [0.15, 0.2) is 23.7 Å². The van der Waals surface area contributed by atoms with Gasteiger partial charge in [-0.05, 0) is 0 Å². The number of aromatic nitrogens is 8. The van der Waals surface area contributed by atoms with Gasteiger partial charge in [0.25, 0.3) is 17.1 Å². The molecule has 2 aliphatic heterocycles. The van der Waals surface area contributed by atoms with E-state index >= 15 is 0 Å². The second-order valence-electron chi connectivity index (χ2n) is 12.1. The number of aliphatic hydroxyl groups is 2. The van der Waals surface area contributed by atoms with Gasteiger partial charge < -0.3 is 60.4 Å². The first-order valence-corrected chi connectivity index (χ1v) is 21.5. The lowest BCUT2D eigenvalue weighted by Gasteiger charge is -2.24. The van der Waals surface area contributed by atoms with Crippen molar-refractivity contribution in [2.45, 2.75) is 49.1 Å². The number of phosphoric ester groups is 3. The molecule has 6 rings (SSSR count). The van der Waals surface area contributed by atoms with Crippen molar-refractivity contribution in [3.63, 3.8) is 0 Å². The predicted octanol–water partition coefficient (Wildman–Crippen LogP) is -3.78. The normalized spacial score (nSPS) is 28.8. The average molecular weight is 897 g/mol. The van der Waals surface area contributed by atoms with Gasteiger partial charge in [0.1, 0.15) is 36.6 Å². The molecule has 0 aliphatic carbocycles. The number of H-pyrrole nitrogens is 2. The van der Waals surface area contributed by atoms with E-state index in [0.29, 0.717) is 0 Å². The van der Waals surface area contributed by atoms with Crippen LogP contribution in [0.25, 0.3) is 22.3 Å². The number of anilines is 2. The van der Waals surface area contributed by atoms with Gasteiger partial charge in [0, 0.05) is 7.11 Å². The number of rotatable bonds is 15. The van der Waals surface area contributed by atoms with Crippen LogP contribution in [0.3, 0.4) is 0 Å². The molecule has 0 saturated carbocycles. The van der Waals surface area contributed by atoms with Crippen molar-refractivity contribution in [1.29, 1.82) is 0 Å². The van der Waals surface area contributed by atoms with Gasteiger partial charge in [0.05, 0.1) is 26.6 Å². The van der Waals surface area contributed by atoms with E-state index in [0.717, 1.165) is 22.6 Å². The van der Waals surface area contributed by atoms with Gasteiger partial charge in [-0.25, -0.2) is 27.8 Å². The van der Waals surface area contributed by atoms with Crippen molar-refractivity contribution < 1.29 is 93.9 Å². The summed E-state index contributed by atoms with van der Waals surface area (Å²) < 4.78 is 92.0. The van der Waals surface area contributed by atoms with Crippen molar-refractivity contribution in [2.24, 2.45) is 7.05 Å². The Kier molecular flexibility index (Phi) is 11.9. The first kappa shape index (κ1) is 43.2. The number of nitrogens with two attached hydrogens (primary N) is 2. The maximum atomic E-state index is 12.7. The zero-order valence-corrected chi connectivity index (χ0v) is 32.2. The fraction of sp³-hybridized carbons (Fsp3) is 0.545. The molecule has 0 spiro atoms. The first-order valence-electron chi connectivity index (χ1n) is 15.5. The topological polar surface area (TPSA) is 454 Å². The number of nitrogens with zero attached hydrogens (tertiary/aromatic N) is 6. The highest BCUT2D eigenvalue weighted by atomic mass is 31.3. The number of imidazole rings is 2. The van der Waals surface area contributed by atoms with E-state index in [1.165, 1.54) is 17.9 Å². The van der Waals surface area contributed by atoms with E-state index in [-0.39, 0.29) is 34.2 Å². The highest BCUT2D eigenvalue weighted by Crippen LogP contribution is 2.68. The second-order valence-corrected chi connectivity index (χ2v) is 17.9. The molecule has 0 radical (unpaired) electrons. The molecule has 2 aliphatic rings. The molecule has 31 nitrogen and oxygen atoms in total.